The molecule has 0 aromatic carbocycles. The third-order valence-electron chi connectivity index (χ3n) is 3.00. The highest BCUT2D eigenvalue weighted by molar-refractivity contribution is 6.33. The van der Waals surface area contributed by atoms with E-state index in [0.717, 1.165) is 6.54 Å². The van der Waals surface area contributed by atoms with E-state index in [0.29, 0.717) is 23.9 Å². The number of Topliss-reactive ketones (excluding diaryl/α,β-unsaturated/α-hetero) is 1. The van der Waals surface area contributed by atoms with Crippen molar-refractivity contribution in [3.8, 4) is 0 Å². The number of hydrogen-bond acceptors (Lipinski definition) is 4. The summed E-state index contributed by atoms with van der Waals surface area (Å²) in [5.74, 6) is -0.00109. The molecule has 1 atom stereocenters. The van der Waals surface area contributed by atoms with Crippen molar-refractivity contribution in [3.63, 3.8) is 0 Å². The van der Waals surface area contributed by atoms with E-state index in [4.69, 9.17) is 16.3 Å². The fraction of sp³-hybridized carbons (Fsp3) is 0.714. The van der Waals surface area contributed by atoms with E-state index in [-0.39, 0.29) is 11.7 Å². The number of hydrogen-bond donors (Lipinski definition) is 0. The highest BCUT2D eigenvalue weighted by atomic mass is 35.5. The van der Waals surface area contributed by atoms with Gasteiger partial charge in [-0.25, -0.2) is 0 Å². The molecule has 1 heterocycles. The van der Waals surface area contributed by atoms with E-state index in [9.17, 15) is 4.79 Å². The number of nitrogens with zero attached hydrogens (tertiary/aromatic N) is 3. The average Bonchev–Trinajstić information content (AvgIpc) is 2.73. The van der Waals surface area contributed by atoms with E-state index < -0.39 is 6.10 Å². The highest BCUT2D eigenvalue weighted by Gasteiger charge is 2.28. The quantitative estimate of drug-likeness (QED) is 0.692. The molecule has 0 saturated carbocycles. The molecule has 114 valence electrons. The summed E-state index contributed by atoms with van der Waals surface area (Å²) >= 11 is 6.13. The second-order valence-electron chi connectivity index (χ2n) is 5.35. The maximum Gasteiger partial charge on any atom is 0.211 e. The van der Waals surface area contributed by atoms with Gasteiger partial charge in [-0.1, -0.05) is 25.4 Å². The Balaban J connectivity index is 2.98. The number of rotatable bonds is 8. The van der Waals surface area contributed by atoms with Gasteiger partial charge in [-0.05, 0) is 26.9 Å². The molecule has 1 aromatic rings. The number of carbonyl (C=O) groups is 1. The zero-order valence-electron chi connectivity index (χ0n) is 12.9. The number of halogens is 1. The summed E-state index contributed by atoms with van der Waals surface area (Å²) in [6, 6.07) is 0. The van der Waals surface area contributed by atoms with Crippen molar-refractivity contribution >= 4 is 17.4 Å². The van der Waals surface area contributed by atoms with Gasteiger partial charge in [0, 0.05) is 13.2 Å². The molecule has 0 amide bonds. The molecule has 6 heteroatoms. The van der Waals surface area contributed by atoms with Gasteiger partial charge in [0.1, 0.15) is 11.8 Å². The first-order valence-electron chi connectivity index (χ1n) is 6.90. The monoisotopic (exact) mass is 301 g/mol. The van der Waals surface area contributed by atoms with Crippen molar-refractivity contribution in [1.29, 1.82) is 0 Å². The van der Waals surface area contributed by atoms with Crippen LogP contribution < -0.4 is 0 Å². The minimum absolute atomic E-state index is 0.0933. The first-order valence-corrected chi connectivity index (χ1v) is 7.28. The summed E-state index contributed by atoms with van der Waals surface area (Å²) in [6.45, 7) is 7.72. The normalized spacial score (nSPS) is 13.2. The van der Waals surface area contributed by atoms with Gasteiger partial charge in [0.2, 0.25) is 5.78 Å². The maximum atomic E-state index is 12.6. The van der Waals surface area contributed by atoms with Crippen LogP contribution >= 0.6 is 11.6 Å². The minimum Gasteiger partial charge on any atom is -0.370 e. The fourth-order valence-electron chi connectivity index (χ4n) is 1.96. The van der Waals surface area contributed by atoms with E-state index in [1.807, 2.05) is 39.8 Å². The van der Waals surface area contributed by atoms with Crippen LogP contribution in [0.4, 0.5) is 0 Å². The molecule has 0 radical (unpaired) electrons. The lowest BCUT2D eigenvalue weighted by molar-refractivity contribution is 0.0270. The Morgan fingerprint density at radius 2 is 2.15 bits per heavy atom. The zero-order valence-corrected chi connectivity index (χ0v) is 13.6. The molecular weight excluding hydrogens is 278 g/mol. The lowest BCUT2D eigenvalue weighted by atomic mass is 10.0. The van der Waals surface area contributed by atoms with Crippen molar-refractivity contribution in [1.82, 2.24) is 14.7 Å². The molecule has 20 heavy (non-hydrogen) atoms. The van der Waals surface area contributed by atoms with Gasteiger partial charge in [0.15, 0.2) is 0 Å². The molecule has 0 aliphatic carbocycles. The molecule has 5 nitrogen and oxygen atoms in total. The van der Waals surface area contributed by atoms with Gasteiger partial charge in [-0.3, -0.25) is 9.48 Å². The van der Waals surface area contributed by atoms with Crippen molar-refractivity contribution in [2.24, 2.45) is 5.92 Å². The fourth-order valence-corrected chi connectivity index (χ4v) is 2.19. The van der Waals surface area contributed by atoms with Gasteiger partial charge < -0.3 is 9.64 Å². The van der Waals surface area contributed by atoms with Crippen molar-refractivity contribution < 1.29 is 9.53 Å². The maximum absolute atomic E-state index is 12.6. The predicted octanol–water partition coefficient (Wildman–Crippen LogP) is 2.34. The summed E-state index contributed by atoms with van der Waals surface area (Å²) in [7, 11) is 3.95. The third kappa shape index (κ3) is 4.30. The van der Waals surface area contributed by atoms with Crippen molar-refractivity contribution in [3.05, 3.63) is 16.9 Å². The minimum atomic E-state index is -0.479. The van der Waals surface area contributed by atoms with E-state index in [1.54, 1.807) is 4.68 Å². The molecular formula is C14H24ClN3O2. The van der Waals surface area contributed by atoms with E-state index in [1.165, 1.54) is 6.20 Å². The lowest BCUT2D eigenvalue weighted by Crippen LogP contribution is -2.32. The summed E-state index contributed by atoms with van der Waals surface area (Å²) in [5, 5.41) is 4.58. The standard InChI is InChI=1S/C14H24ClN3O2/c1-6-20-14(10(2)3)13(19)12-11(15)9-16-18(12)8-7-17(4)5/h9-10,14H,6-8H2,1-5H3. The van der Waals surface area contributed by atoms with Crippen LogP contribution in [0.1, 0.15) is 31.3 Å². The number of carbonyl (C=O) groups excluding carboxylic acids is 1. The Morgan fingerprint density at radius 1 is 1.50 bits per heavy atom. The topological polar surface area (TPSA) is 47.4 Å². The summed E-state index contributed by atoms with van der Waals surface area (Å²) in [6.07, 6.45) is 1.04. The van der Waals surface area contributed by atoms with Crippen LogP contribution in [0.5, 0.6) is 0 Å². The molecule has 1 aromatic heterocycles. The lowest BCUT2D eigenvalue weighted by Gasteiger charge is -2.20. The van der Waals surface area contributed by atoms with Crippen LogP contribution in [-0.2, 0) is 11.3 Å². The van der Waals surface area contributed by atoms with Crippen LogP contribution in [0.25, 0.3) is 0 Å². The molecule has 0 aliphatic rings. The second kappa shape index (κ2) is 7.76. The Bertz CT molecular complexity index is 444. The number of likely N-dealkylation sites (N-methyl/N-ethyl adjacent to an activating group) is 1. The molecule has 1 unspecified atom stereocenters. The molecule has 0 bridgehead atoms. The van der Waals surface area contributed by atoms with E-state index >= 15 is 0 Å². The van der Waals surface area contributed by atoms with Crippen molar-refractivity contribution in [2.45, 2.75) is 33.4 Å². The molecule has 1 rings (SSSR count). The molecule has 0 N–H and O–H groups in total. The van der Waals surface area contributed by atoms with Crippen LogP contribution in [0, 0.1) is 5.92 Å². The first kappa shape index (κ1) is 17.1. The van der Waals surface area contributed by atoms with Crippen molar-refractivity contribution in [2.75, 3.05) is 27.2 Å². The second-order valence-corrected chi connectivity index (χ2v) is 5.76. The SMILES string of the molecule is CCOC(C(=O)c1c(Cl)cnn1CCN(C)C)C(C)C. The highest BCUT2D eigenvalue weighted by Crippen LogP contribution is 2.21. The van der Waals surface area contributed by atoms with E-state index in [2.05, 4.69) is 5.10 Å². The Labute approximate surface area is 125 Å². The third-order valence-corrected chi connectivity index (χ3v) is 3.27. The van der Waals surface area contributed by atoms with Crippen LogP contribution in [0.15, 0.2) is 6.20 Å². The molecule has 0 spiro atoms. The van der Waals surface area contributed by atoms with Gasteiger partial charge >= 0.3 is 0 Å². The van der Waals surface area contributed by atoms with Crippen LogP contribution in [-0.4, -0.2) is 53.8 Å². The Kier molecular flexibility index (Phi) is 6.65. The first-order chi connectivity index (χ1) is 9.38. The number of ether oxygens (including phenoxy) is 1. The molecule has 0 fully saturated rings. The largest absolute Gasteiger partial charge is 0.370 e. The summed E-state index contributed by atoms with van der Waals surface area (Å²) in [4.78, 5) is 14.7. The zero-order chi connectivity index (χ0) is 15.3. The Morgan fingerprint density at radius 3 is 2.65 bits per heavy atom. The van der Waals surface area contributed by atoms with Gasteiger partial charge in [0.25, 0.3) is 0 Å². The molecule has 0 saturated heterocycles. The average molecular weight is 302 g/mol. The molecule has 0 aliphatic heterocycles. The van der Waals surface area contributed by atoms with Gasteiger partial charge in [-0.15, -0.1) is 0 Å². The van der Waals surface area contributed by atoms with Gasteiger partial charge in [0.05, 0.1) is 17.8 Å². The summed E-state index contributed by atoms with van der Waals surface area (Å²) in [5.41, 5.74) is 0.445. The van der Waals surface area contributed by atoms with Crippen LogP contribution in [0.2, 0.25) is 5.02 Å². The summed E-state index contributed by atoms with van der Waals surface area (Å²) < 4.78 is 7.23. The number of aromatic nitrogens is 2. The van der Waals surface area contributed by atoms with Crippen LogP contribution in [0.3, 0.4) is 0 Å². The number of ketones is 1. The van der Waals surface area contributed by atoms with Gasteiger partial charge in [-0.2, -0.15) is 5.10 Å². The smallest absolute Gasteiger partial charge is 0.211 e. The predicted molar refractivity (Wildman–Crippen MR) is 80.4 cm³/mol. The Hall–Kier alpha value is -0.910.